The molecule has 0 aromatic heterocycles. The van der Waals surface area contributed by atoms with Crippen molar-refractivity contribution in [2.45, 2.75) is 50.9 Å². The molecule has 4 aliphatic carbocycles. The van der Waals surface area contributed by atoms with Gasteiger partial charge in [0.15, 0.2) is 18.1 Å². The van der Waals surface area contributed by atoms with Crippen LogP contribution in [0.5, 0.6) is 11.5 Å². The molecule has 218 valence electrons. The maximum atomic E-state index is 12.7. The lowest BCUT2D eigenvalue weighted by Gasteiger charge is -2.57. The summed E-state index contributed by atoms with van der Waals surface area (Å²) < 4.78 is 12.4. The molecule has 4 bridgehead atoms. The number of nitrogens with zero attached hydrogens (tertiary/aromatic N) is 1. The van der Waals surface area contributed by atoms with E-state index in [9.17, 15) is 9.59 Å². The predicted molar refractivity (Wildman–Crippen MR) is 167 cm³/mol. The van der Waals surface area contributed by atoms with Gasteiger partial charge in [0.05, 0.1) is 12.8 Å². The third-order valence-corrected chi connectivity index (χ3v) is 9.41. The molecule has 7 rings (SSSR count). The molecular weight excluding hydrogens is 594 g/mol. The van der Waals surface area contributed by atoms with Crippen LogP contribution in [0.2, 0.25) is 0 Å². The highest BCUT2D eigenvalue weighted by Crippen LogP contribution is 2.60. The van der Waals surface area contributed by atoms with E-state index >= 15 is 0 Å². The van der Waals surface area contributed by atoms with E-state index in [2.05, 4.69) is 43.9 Å². The first-order valence-electron chi connectivity index (χ1n) is 14.8. The van der Waals surface area contributed by atoms with Crippen LogP contribution in [0.25, 0.3) is 0 Å². The lowest BCUT2D eigenvalue weighted by molar-refractivity contribution is -0.118. The van der Waals surface area contributed by atoms with Gasteiger partial charge in [-0.05, 0) is 128 Å². The normalized spacial score (nSPS) is 24.0. The average molecular weight is 631 g/mol. The molecule has 0 aliphatic heterocycles. The topological polar surface area (TPSA) is 89.0 Å². The summed E-state index contributed by atoms with van der Waals surface area (Å²) in [7, 11) is 0. The molecule has 3 aromatic carbocycles. The average Bonchev–Trinajstić information content (AvgIpc) is 2.96. The van der Waals surface area contributed by atoms with Gasteiger partial charge in [0.2, 0.25) is 0 Å². The minimum Gasteiger partial charge on any atom is -0.490 e. The van der Waals surface area contributed by atoms with Crippen LogP contribution in [-0.2, 0) is 10.2 Å². The maximum Gasteiger partial charge on any atom is 0.271 e. The lowest BCUT2D eigenvalue weighted by atomic mass is 9.48. The number of hydrogen-bond acceptors (Lipinski definition) is 5. The fourth-order valence-electron chi connectivity index (χ4n) is 7.56. The number of rotatable bonds is 10. The van der Waals surface area contributed by atoms with Crippen LogP contribution in [-0.4, -0.2) is 31.2 Å². The van der Waals surface area contributed by atoms with Gasteiger partial charge in [-0.2, -0.15) is 5.10 Å². The van der Waals surface area contributed by atoms with Crippen LogP contribution < -0.4 is 20.2 Å². The van der Waals surface area contributed by atoms with Gasteiger partial charge in [0, 0.05) is 15.7 Å². The molecule has 2 amide bonds. The highest BCUT2D eigenvalue weighted by molar-refractivity contribution is 9.10. The third-order valence-electron chi connectivity index (χ3n) is 8.91. The number of hydrazone groups is 1. The Kier molecular flexibility index (Phi) is 8.34. The van der Waals surface area contributed by atoms with Crippen molar-refractivity contribution in [3.63, 3.8) is 0 Å². The molecular formula is C34H36BrN3O4. The Morgan fingerprint density at radius 2 is 1.64 bits per heavy atom. The Hall–Kier alpha value is -3.65. The van der Waals surface area contributed by atoms with Gasteiger partial charge in [0.25, 0.3) is 11.8 Å². The van der Waals surface area contributed by atoms with E-state index in [-0.39, 0.29) is 18.4 Å². The Balaban J connectivity index is 1.03. The molecule has 8 heteroatoms. The molecule has 2 N–H and O–H groups in total. The fraction of sp³-hybridized carbons (Fsp3) is 0.382. The second kappa shape index (κ2) is 12.3. The Labute approximate surface area is 255 Å². The number of halogens is 1. The SMILES string of the molecule is CCOc1cc(/C=N/NC(=O)c2cccc(Br)c2)ccc1OCC(=O)Nc1ccc(C23CC4CC(CC(C4)C2)C3)cc1. The van der Waals surface area contributed by atoms with Crippen LogP contribution in [0.15, 0.2) is 76.3 Å². The van der Waals surface area contributed by atoms with Crippen molar-refractivity contribution in [2.75, 3.05) is 18.5 Å². The summed E-state index contributed by atoms with van der Waals surface area (Å²) in [4.78, 5) is 25.0. The third kappa shape index (κ3) is 6.38. The summed E-state index contributed by atoms with van der Waals surface area (Å²) in [5, 5.41) is 7.02. The minimum absolute atomic E-state index is 0.146. The molecule has 0 unspecified atom stereocenters. The molecule has 4 fully saturated rings. The van der Waals surface area contributed by atoms with Crippen molar-refractivity contribution >= 4 is 39.6 Å². The lowest BCUT2D eigenvalue weighted by Crippen LogP contribution is -2.48. The molecule has 4 saturated carbocycles. The van der Waals surface area contributed by atoms with Gasteiger partial charge >= 0.3 is 0 Å². The largest absolute Gasteiger partial charge is 0.490 e. The van der Waals surface area contributed by atoms with Crippen molar-refractivity contribution in [3.8, 4) is 11.5 Å². The van der Waals surface area contributed by atoms with E-state index in [1.54, 1.807) is 36.4 Å². The standard InChI is InChI=1S/C34H36BrN3O4/c1-2-41-31-15-22(20-36-38-33(40)26-4-3-5-28(35)16-26)6-11-30(31)42-21-32(39)37-29-9-7-27(8-10-29)34-17-23-12-24(18-34)14-25(13-23)19-34/h3-11,15-16,20,23-25H,2,12-14,17-19,21H2,1H3,(H,37,39)(H,38,40)/b36-20+. The van der Waals surface area contributed by atoms with Crippen molar-refractivity contribution in [2.24, 2.45) is 22.9 Å². The quantitative estimate of drug-likeness (QED) is 0.185. The van der Waals surface area contributed by atoms with Crippen molar-refractivity contribution in [3.05, 3.63) is 87.9 Å². The van der Waals surface area contributed by atoms with E-state index in [4.69, 9.17) is 9.47 Å². The fourth-order valence-corrected chi connectivity index (χ4v) is 7.96. The first-order chi connectivity index (χ1) is 20.4. The second-order valence-corrected chi connectivity index (χ2v) is 12.9. The first-order valence-corrected chi connectivity index (χ1v) is 15.6. The molecule has 0 spiro atoms. The van der Waals surface area contributed by atoms with Gasteiger partial charge < -0.3 is 14.8 Å². The number of nitrogens with one attached hydrogen (secondary N) is 2. The summed E-state index contributed by atoms with van der Waals surface area (Å²) >= 11 is 3.36. The maximum absolute atomic E-state index is 12.7. The molecule has 3 aromatic rings. The monoisotopic (exact) mass is 629 g/mol. The highest BCUT2D eigenvalue weighted by Gasteiger charge is 2.51. The van der Waals surface area contributed by atoms with Crippen LogP contribution in [0.4, 0.5) is 5.69 Å². The van der Waals surface area contributed by atoms with Crippen LogP contribution >= 0.6 is 15.9 Å². The second-order valence-electron chi connectivity index (χ2n) is 12.0. The Bertz CT molecular complexity index is 1450. The number of ether oxygens (including phenoxy) is 2. The zero-order chi connectivity index (χ0) is 29.1. The first kappa shape index (κ1) is 28.5. The van der Waals surface area contributed by atoms with E-state index in [0.717, 1.165) is 27.9 Å². The number of carbonyl (C=O) groups is 2. The number of benzene rings is 3. The zero-order valence-corrected chi connectivity index (χ0v) is 25.4. The summed E-state index contributed by atoms with van der Waals surface area (Å²) in [5.74, 6) is 3.11. The van der Waals surface area contributed by atoms with Crippen molar-refractivity contribution < 1.29 is 19.1 Å². The van der Waals surface area contributed by atoms with Gasteiger partial charge in [-0.25, -0.2) is 5.43 Å². The van der Waals surface area contributed by atoms with Crippen molar-refractivity contribution in [1.29, 1.82) is 0 Å². The van der Waals surface area contributed by atoms with E-state index in [0.29, 0.717) is 34.6 Å². The zero-order valence-electron chi connectivity index (χ0n) is 23.8. The number of anilines is 1. The summed E-state index contributed by atoms with van der Waals surface area (Å²) in [5.41, 5.74) is 6.29. The molecule has 0 heterocycles. The van der Waals surface area contributed by atoms with Gasteiger partial charge in [-0.3, -0.25) is 9.59 Å². The molecule has 0 saturated heterocycles. The van der Waals surface area contributed by atoms with Crippen molar-refractivity contribution in [1.82, 2.24) is 5.43 Å². The molecule has 4 aliphatic rings. The molecule has 0 radical (unpaired) electrons. The van der Waals surface area contributed by atoms with Gasteiger partial charge in [0.1, 0.15) is 0 Å². The number of hydrogen-bond donors (Lipinski definition) is 2. The minimum atomic E-state index is -0.314. The van der Waals surface area contributed by atoms with E-state index in [1.807, 2.05) is 25.1 Å². The van der Waals surface area contributed by atoms with Gasteiger partial charge in [-0.15, -0.1) is 0 Å². The van der Waals surface area contributed by atoms with Crippen LogP contribution in [0.3, 0.4) is 0 Å². The molecule has 7 nitrogen and oxygen atoms in total. The van der Waals surface area contributed by atoms with Gasteiger partial charge in [-0.1, -0.05) is 34.1 Å². The molecule has 42 heavy (non-hydrogen) atoms. The summed E-state index contributed by atoms with van der Waals surface area (Å²) in [6, 6.07) is 20.8. The predicted octanol–water partition coefficient (Wildman–Crippen LogP) is 7.10. The summed E-state index contributed by atoms with van der Waals surface area (Å²) in [6.45, 7) is 2.16. The van der Waals surface area contributed by atoms with E-state index < -0.39 is 0 Å². The number of amides is 2. The van der Waals surface area contributed by atoms with Crippen LogP contribution in [0, 0.1) is 17.8 Å². The number of carbonyl (C=O) groups excluding carboxylic acids is 2. The Morgan fingerprint density at radius 3 is 2.31 bits per heavy atom. The van der Waals surface area contributed by atoms with E-state index in [1.165, 1.54) is 50.3 Å². The summed E-state index contributed by atoms with van der Waals surface area (Å²) in [6.07, 6.45) is 9.80. The smallest absolute Gasteiger partial charge is 0.271 e. The molecule has 0 atom stereocenters. The van der Waals surface area contributed by atoms with Crippen LogP contribution in [0.1, 0.15) is 66.9 Å². The Morgan fingerprint density at radius 1 is 0.929 bits per heavy atom. The highest BCUT2D eigenvalue weighted by atomic mass is 79.9.